The summed E-state index contributed by atoms with van der Waals surface area (Å²) in [7, 11) is 0. The van der Waals surface area contributed by atoms with E-state index in [9.17, 15) is 14.9 Å². The average molecular weight is 348 g/mol. The number of hydrogen-bond donors (Lipinski definition) is 1. The third-order valence-electron chi connectivity index (χ3n) is 3.34. The van der Waals surface area contributed by atoms with Crippen molar-refractivity contribution in [3.63, 3.8) is 0 Å². The molecule has 0 aliphatic carbocycles. The van der Waals surface area contributed by atoms with Crippen LogP contribution in [0.1, 0.15) is 9.67 Å². The molecule has 3 rings (SSSR count). The van der Waals surface area contributed by atoms with E-state index < -0.39 is 17.6 Å². The van der Waals surface area contributed by atoms with Crippen molar-refractivity contribution >= 4 is 28.8 Å². The van der Waals surface area contributed by atoms with Crippen molar-refractivity contribution in [2.24, 2.45) is 5.92 Å². The molecule has 0 unspecified atom stereocenters. The van der Waals surface area contributed by atoms with Gasteiger partial charge in [-0.15, -0.1) is 11.3 Å². The summed E-state index contributed by atoms with van der Waals surface area (Å²) >= 11 is 1.15. The van der Waals surface area contributed by atoms with Gasteiger partial charge in [0.1, 0.15) is 10.8 Å². The van der Waals surface area contributed by atoms with E-state index in [-0.39, 0.29) is 10.7 Å². The van der Waals surface area contributed by atoms with Gasteiger partial charge in [-0.2, -0.15) is 5.26 Å². The van der Waals surface area contributed by atoms with Crippen LogP contribution in [-0.4, -0.2) is 21.7 Å². The molecule has 0 aliphatic rings. The van der Waals surface area contributed by atoms with Crippen LogP contribution in [0.2, 0.25) is 0 Å². The Morgan fingerprint density at radius 3 is 2.52 bits per heavy atom. The lowest BCUT2D eigenvalue weighted by Crippen LogP contribution is -2.28. The molecule has 1 N–H and O–H groups in total. The quantitative estimate of drug-likeness (QED) is 0.564. The Hall–Kier alpha value is -3.37. The fourth-order valence-corrected chi connectivity index (χ4v) is 3.01. The molecule has 1 amide bonds. The fourth-order valence-electron chi connectivity index (χ4n) is 2.12. The van der Waals surface area contributed by atoms with Gasteiger partial charge in [0.15, 0.2) is 5.92 Å². The lowest BCUT2D eigenvalue weighted by molar-refractivity contribution is -0.117. The molecule has 3 aromatic rings. The largest absolute Gasteiger partial charge is 0.309 e. The summed E-state index contributed by atoms with van der Waals surface area (Å²) in [5.41, 5.74) is 0.873. The van der Waals surface area contributed by atoms with Crippen molar-refractivity contribution in [2.45, 2.75) is 0 Å². The molecular formula is C18H12N4O2S. The number of nitriles is 1. The first kappa shape index (κ1) is 16.5. The minimum atomic E-state index is -1.45. The molecule has 0 bridgehead atoms. The van der Waals surface area contributed by atoms with Crippen LogP contribution in [0, 0.1) is 17.2 Å². The third-order valence-corrected chi connectivity index (χ3v) is 4.40. The predicted molar refractivity (Wildman–Crippen MR) is 93.9 cm³/mol. The van der Waals surface area contributed by atoms with E-state index in [0.717, 1.165) is 16.9 Å². The highest BCUT2D eigenvalue weighted by Gasteiger charge is 2.29. The van der Waals surface area contributed by atoms with Gasteiger partial charge in [0.2, 0.25) is 5.78 Å². The number of Topliss-reactive ketones (excluding diaryl/α,β-unsaturated/α-hetero) is 1. The van der Waals surface area contributed by atoms with Gasteiger partial charge >= 0.3 is 0 Å². The number of pyridine rings is 1. The molecule has 2 heterocycles. The lowest BCUT2D eigenvalue weighted by atomic mass is 10.0. The number of amides is 1. The topological polar surface area (TPSA) is 95.7 Å². The Labute approximate surface area is 147 Å². The number of benzene rings is 1. The number of carbonyl (C=O) groups excluding carboxylic acids is 2. The van der Waals surface area contributed by atoms with Crippen LogP contribution in [0.25, 0.3) is 10.6 Å². The van der Waals surface area contributed by atoms with Crippen molar-refractivity contribution < 1.29 is 9.59 Å². The summed E-state index contributed by atoms with van der Waals surface area (Å²) in [5, 5.41) is 12.4. The number of ketones is 1. The summed E-state index contributed by atoms with van der Waals surface area (Å²) < 4.78 is 0. The first-order valence-electron chi connectivity index (χ1n) is 7.36. The summed E-state index contributed by atoms with van der Waals surface area (Å²) in [6.45, 7) is 0. The van der Waals surface area contributed by atoms with Gasteiger partial charge in [0.05, 0.1) is 10.9 Å². The number of nitrogens with one attached hydrogen (secondary N) is 1. The molecule has 0 aliphatic heterocycles. The van der Waals surface area contributed by atoms with Crippen LogP contribution in [-0.2, 0) is 4.79 Å². The molecule has 2 aromatic heterocycles. The molecule has 0 saturated carbocycles. The van der Waals surface area contributed by atoms with Crippen LogP contribution in [0.5, 0.6) is 0 Å². The van der Waals surface area contributed by atoms with Gasteiger partial charge < -0.3 is 5.32 Å². The van der Waals surface area contributed by atoms with Crippen molar-refractivity contribution in [3.05, 3.63) is 65.8 Å². The van der Waals surface area contributed by atoms with Crippen molar-refractivity contribution in [1.82, 2.24) is 9.97 Å². The highest BCUT2D eigenvalue weighted by atomic mass is 32.1. The molecule has 122 valence electrons. The minimum Gasteiger partial charge on any atom is -0.309 e. The Morgan fingerprint density at radius 1 is 1.08 bits per heavy atom. The molecule has 1 atom stereocenters. The zero-order valence-corrected chi connectivity index (χ0v) is 13.7. The molecule has 0 radical (unpaired) electrons. The molecule has 0 saturated heterocycles. The zero-order valence-electron chi connectivity index (χ0n) is 12.9. The van der Waals surface area contributed by atoms with Crippen LogP contribution < -0.4 is 5.32 Å². The summed E-state index contributed by atoms with van der Waals surface area (Å²) in [5.74, 6) is -2.45. The fraction of sp³-hybridized carbons (Fsp3) is 0.0556. The zero-order chi connectivity index (χ0) is 17.6. The number of aromatic nitrogens is 2. The van der Waals surface area contributed by atoms with Gasteiger partial charge in [-0.25, -0.2) is 9.97 Å². The van der Waals surface area contributed by atoms with Crippen LogP contribution in [0.4, 0.5) is 5.82 Å². The first-order valence-corrected chi connectivity index (χ1v) is 8.17. The summed E-state index contributed by atoms with van der Waals surface area (Å²) in [6.07, 6.45) is 2.90. The normalized spacial score (nSPS) is 11.3. The Kier molecular flexibility index (Phi) is 4.92. The summed E-state index contributed by atoms with van der Waals surface area (Å²) in [6, 6.07) is 16.1. The summed E-state index contributed by atoms with van der Waals surface area (Å²) in [4.78, 5) is 33.2. The Morgan fingerprint density at radius 2 is 1.84 bits per heavy atom. The maximum absolute atomic E-state index is 12.5. The van der Waals surface area contributed by atoms with Crippen LogP contribution in [0.3, 0.4) is 0 Å². The van der Waals surface area contributed by atoms with E-state index in [1.807, 2.05) is 30.3 Å². The Balaban J connectivity index is 1.78. The van der Waals surface area contributed by atoms with E-state index in [1.165, 1.54) is 12.4 Å². The maximum Gasteiger partial charge on any atom is 0.250 e. The smallest absolute Gasteiger partial charge is 0.250 e. The van der Waals surface area contributed by atoms with Crippen molar-refractivity contribution in [3.8, 4) is 16.6 Å². The number of carbonyl (C=O) groups is 2. The van der Waals surface area contributed by atoms with Gasteiger partial charge in [0, 0.05) is 18.0 Å². The van der Waals surface area contributed by atoms with E-state index in [0.29, 0.717) is 5.01 Å². The van der Waals surface area contributed by atoms with E-state index >= 15 is 0 Å². The van der Waals surface area contributed by atoms with E-state index in [4.69, 9.17) is 0 Å². The molecule has 1 aromatic carbocycles. The number of hydrogen-bond acceptors (Lipinski definition) is 6. The highest BCUT2D eigenvalue weighted by Crippen LogP contribution is 2.26. The lowest BCUT2D eigenvalue weighted by Gasteiger charge is -2.07. The van der Waals surface area contributed by atoms with E-state index in [2.05, 4.69) is 15.3 Å². The standard InChI is InChI=1S/C18H12N4O2S/c19-10-13(17(24)22-15-8-4-5-9-20-15)16(23)14-11-21-18(25-14)12-6-2-1-3-7-12/h1-9,11,13H,(H,20,22,24)/t13-/m1/s1. The Bertz CT molecular complexity index is 932. The average Bonchev–Trinajstić information content (AvgIpc) is 3.14. The number of anilines is 1. The van der Waals surface area contributed by atoms with Gasteiger partial charge in [0.25, 0.3) is 5.91 Å². The SMILES string of the molecule is N#C[C@@H](C(=O)Nc1ccccn1)C(=O)c1cnc(-c2ccccc2)s1. The minimum absolute atomic E-state index is 0.265. The number of rotatable bonds is 5. The monoisotopic (exact) mass is 348 g/mol. The second kappa shape index (κ2) is 7.47. The van der Waals surface area contributed by atoms with Gasteiger partial charge in [-0.05, 0) is 12.1 Å². The first-order chi connectivity index (χ1) is 12.2. The van der Waals surface area contributed by atoms with Crippen molar-refractivity contribution in [1.29, 1.82) is 5.26 Å². The maximum atomic E-state index is 12.5. The molecule has 6 nitrogen and oxygen atoms in total. The van der Waals surface area contributed by atoms with Crippen LogP contribution in [0.15, 0.2) is 60.9 Å². The molecule has 0 spiro atoms. The van der Waals surface area contributed by atoms with Crippen LogP contribution >= 0.6 is 11.3 Å². The number of nitrogens with zero attached hydrogens (tertiary/aromatic N) is 3. The second-order valence-corrected chi connectivity index (χ2v) is 6.06. The molecule has 7 heteroatoms. The highest BCUT2D eigenvalue weighted by molar-refractivity contribution is 7.17. The molecular weight excluding hydrogens is 336 g/mol. The molecule has 0 fully saturated rings. The van der Waals surface area contributed by atoms with Crippen molar-refractivity contribution in [2.75, 3.05) is 5.32 Å². The molecule has 25 heavy (non-hydrogen) atoms. The predicted octanol–water partition coefficient (Wildman–Crippen LogP) is 3.17. The second-order valence-electron chi connectivity index (χ2n) is 5.03. The third kappa shape index (κ3) is 3.76. The van der Waals surface area contributed by atoms with E-state index in [1.54, 1.807) is 24.3 Å². The van der Waals surface area contributed by atoms with Gasteiger partial charge in [-0.3, -0.25) is 9.59 Å². The number of thiazole rings is 1. The van der Waals surface area contributed by atoms with Gasteiger partial charge in [-0.1, -0.05) is 36.4 Å².